The second-order valence-electron chi connectivity index (χ2n) is 4.72. The fourth-order valence-electron chi connectivity index (χ4n) is 1.85. The number of rotatable bonds is 4. The lowest BCUT2D eigenvalue weighted by Gasteiger charge is -2.07. The van der Waals surface area contributed by atoms with Gasteiger partial charge in [0.1, 0.15) is 5.82 Å². The van der Waals surface area contributed by atoms with E-state index in [4.69, 9.17) is 4.74 Å². The molecule has 124 valence electrons. The van der Waals surface area contributed by atoms with Crippen molar-refractivity contribution in [3.63, 3.8) is 0 Å². The Morgan fingerprint density at radius 2 is 1.58 bits per heavy atom. The summed E-state index contributed by atoms with van der Waals surface area (Å²) in [5.74, 6) is -2.85. The van der Waals surface area contributed by atoms with Crippen LogP contribution in [-0.2, 0) is 14.3 Å². The average molecular weight is 330 g/mol. The fourth-order valence-corrected chi connectivity index (χ4v) is 1.85. The van der Waals surface area contributed by atoms with Crippen LogP contribution in [0.5, 0.6) is 0 Å². The number of benzene rings is 2. The van der Waals surface area contributed by atoms with Crippen molar-refractivity contribution in [1.29, 1.82) is 0 Å². The van der Waals surface area contributed by atoms with Gasteiger partial charge in [-0.1, -0.05) is 6.07 Å². The van der Waals surface area contributed by atoms with Gasteiger partial charge in [-0.2, -0.15) is 0 Å². The maximum absolute atomic E-state index is 13.0. The van der Waals surface area contributed by atoms with E-state index in [9.17, 15) is 18.8 Å². The molecule has 2 aromatic carbocycles. The Bertz CT molecular complexity index is 759. The number of anilines is 2. The number of hydrogen-bond donors (Lipinski definition) is 2. The number of amides is 2. The van der Waals surface area contributed by atoms with Crippen molar-refractivity contribution < 1.29 is 23.5 Å². The van der Waals surface area contributed by atoms with Crippen molar-refractivity contribution >= 4 is 29.2 Å². The summed E-state index contributed by atoms with van der Waals surface area (Å²) in [6.07, 6.45) is 0. The first-order valence-electron chi connectivity index (χ1n) is 7.14. The highest BCUT2D eigenvalue weighted by atomic mass is 19.1. The quantitative estimate of drug-likeness (QED) is 0.666. The van der Waals surface area contributed by atoms with Crippen molar-refractivity contribution in [3.05, 3.63) is 59.9 Å². The van der Waals surface area contributed by atoms with E-state index in [2.05, 4.69) is 10.6 Å². The number of halogens is 1. The van der Waals surface area contributed by atoms with Crippen LogP contribution in [0.15, 0.2) is 48.5 Å². The van der Waals surface area contributed by atoms with E-state index in [0.29, 0.717) is 11.3 Å². The summed E-state index contributed by atoms with van der Waals surface area (Å²) in [5.41, 5.74) is 0.842. The molecular formula is C17H15FN2O4. The van der Waals surface area contributed by atoms with Crippen molar-refractivity contribution in [2.45, 2.75) is 6.92 Å². The van der Waals surface area contributed by atoms with E-state index < -0.39 is 23.6 Å². The van der Waals surface area contributed by atoms with Crippen molar-refractivity contribution in [2.75, 3.05) is 17.2 Å². The van der Waals surface area contributed by atoms with Gasteiger partial charge in [0.15, 0.2) is 0 Å². The Kier molecular flexibility index (Phi) is 5.62. The van der Waals surface area contributed by atoms with Gasteiger partial charge in [-0.15, -0.1) is 0 Å². The van der Waals surface area contributed by atoms with Gasteiger partial charge in [0.2, 0.25) is 0 Å². The molecule has 0 saturated carbocycles. The maximum Gasteiger partial charge on any atom is 0.338 e. The fraction of sp³-hybridized carbons (Fsp3) is 0.118. The normalized spacial score (nSPS) is 9.92. The number of carbonyl (C=O) groups excluding carboxylic acids is 3. The van der Waals surface area contributed by atoms with Crippen LogP contribution in [0.1, 0.15) is 17.3 Å². The molecule has 2 aromatic rings. The van der Waals surface area contributed by atoms with E-state index in [1.54, 1.807) is 6.92 Å². The minimum Gasteiger partial charge on any atom is -0.462 e. The molecule has 0 atom stereocenters. The lowest BCUT2D eigenvalue weighted by Crippen LogP contribution is -2.29. The second kappa shape index (κ2) is 7.87. The Morgan fingerprint density at radius 3 is 2.17 bits per heavy atom. The zero-order chi connectivity index (χ0) is 17.5. The van der Waals surface area contributed by atoms with Crippen LogP contribution in [-0.4, -0.2) is 24.4 Å². The molecule has 7 heteroatoms. The highest BCUT2D eigenvalue weighted by molar-refractivity contribution is 6.43. The summed E-state index contributed by atoms with van der Waals surface area (Å²) in [4.78, 5) is 35.1. The second-order valence-corrected chi connectivity index (χ2v) is 4.72. The minimum atomic E-state index is -0.935. The van der Waals surface area contributed by atoms with E-state index in [0.717, 1.165) is 6.07 Å². The molecule has 0 spiro atoms. The molecule has 24 heavy (non-hydrogen) atoms. The summed E-state index contributed by atoms with van der Waals surface area (Å²) in [5, 5.41) is 4.66. The molecule has 0 fully saturated rings. The molecule has 6 nitrogen and oxygen atoms in total. The number of nitrogens with one attached hydrogen (secondary N) is 2. The number of hydrogen-bond acceptors (Lipinski definition) is 4. The smallest absolute Gasteiger partial charge is 0.338 e. The lowest BCUT2D eigenvalue weighted by molar-refractivity contribution is -0.133. The van der Waals surface area contributed by atoms with Crippen LogP contribution in [0.3, 0.4) is 0 Å². The van der Waals surface area contributed by atoms with Gasteiger partial charge in [-0.05, 0) is 49.4 Å². The molecule has 0 aromatic heterocycles. The first-order chi connectivity index (χ1) is 11.5. The third-order valence-electron chi connectivity index (χ3n) is 2.94. The van der Waals surface area contributed by atoms with Gasteiger partial charge in [0, 0.05) is 11.4 Å². The van der Waals surface area contributed by atoms with Crippen LogP contribution in [0.2, 0.25) is 0 Å². The first kappa shape index (κ1) is 17.1. The van der Waals surface area contributed by atoms with Gasteiger partial charge in [-0.3, -0.25) is 9.59 Å². The SMILES string of the molecule is CCOC(=O)c1ccc(NC(=O)C(=O)Nc2cccc(F)c2)cc1. The molecule has 0 heterocycles. The molecule has 2 amide bonds. The summed E-state index contributed by atoms with van der Waals surface area (Å²) in [6.45, 7) is 1.96. The Labute approximate surface area is 137 Å². The average Bonchev–Trinajstić information content (AvgIpc) is 2.55. The van der Waals surface area contributed by atoms with Crippen LogP contribution >= 0.6 is 0 Å². The van der Waals surface area contributed by atoms with Crippen LogP contribution in [0.4, 0.5) is 15.8 Å². The predicted molar refractivity (Wildman–Crippen MR) is 86.1 cm³/mol. The molecule has 0 radical (unpaired) electrons. The van der Waals surface area contributed by atoms with Crippen molar-refractivity contribution in [2.24, 2.45) is 0 Å². The van der Waals surface area contributed by atoms with E-state index in [-0.39, 0.29) is 12.3 Å². The first-order valence-corrected chi connectivity index (χ1v) is 7.14. The third-order valence-corrected chi connectivity index (χ3v) is 2.94. The summed E-state index contributed by atoms with van der Waals surface area (Å²) < 4.78 is 17.9. The molecule has 0 saturated heterocycles. The zero-order valence-corrected chi connectivity index (χ0v) is 12.8. The number of carbonyl (C=O) groups is 3. The number of esters is 1. The van der Waals surface area contributed by atoms with Crippen LogP contribution in [0.25, 0.3) is 0 Å². The highest BCUT2D eigenvalue weighted by Crippen LogP contribution is 2.12. The van der Waals surface area contributed by atoms with E-state index in [1.165, 1.54) is 42.5 Å². The predicted octanol–water partition coefficient (Wildman–Crippen LogP) is 2.58. The van der Waals surface area contributed by atoms with Crippen LogP contribution < -0.4 is 10.6 Å². The van der Waals surface area contributed by atoms with Gasteiger partial charge in [0.05, 0.1) is 12.2 Å². The summed E-state index contributed by atoms with van der Waals surface area (Å²) in [7, 11) is 0. The molecule has 0 aliphatic carbocycles. The zero-order valence-electron chi connectivity index (χ0n) is 12.8. The third kappa shape index (κ3) is 4.64. The van der Waals surface area contributed by atoms with Crippen molar-refractivity contribution in [1.82, 2.24) is 0 Å². The molecule has 0 aliphatic rings. The molecule has 0 aliphatic heterocycles. The van der Waals surface area contributed by atoms with Gasteiger partial charge in [-0.25, -0.2) is 9.18 Å². The highest BCUT2D eigenvalue weighted by Gasteiger charge is 2.14. The topological polar surface area (TPSA) is 84.5 Å². The largest absolute Gasteiger partial charge is 0.462 e. The monoisotopic (exact) mass is 330 g/mol. The molecular weight excluding hydrogens is 315 g/mol. The Balaban J connectivity index is 1.96. The molecule has 2 N–H and O–H groups in total. The molecule has 0 bridgehead atoms. The van der Waals surface area contributed by atoms with E-state index in [1.807, 2.05) is 0 Å². The summed E-state index contributed by atoms with van der Waals surface area (Å²) >= 11 is 0. The van der Waals surface area contributed by atoms with Gasteiger partial charge >= 0.3 is 17.8 Å². The van der Waals surface area contributed by atoms with Gasteiger partial charge in [0.25, 0.3) is 0 Å². The van der Waals surface area contributed by atoms with Crippen molar-refractivity contribution in [3.8, 4) is 0 Å². The standard InChI is InChI=1S/C17H15FN2O4/c1-2-24-17(23)11-6-8-13(9-7-11)19-15(21)16(22)20-14-5-3-4-12(18)10-14/h3-10H,2H2,1H3,(H,19,21)(H,20,22). The summed E-state index contributed by atoms with van der Waals surface area (Å²) in [6, 6.07) is 11.1. The van der Waals surface area contributed by atoms with Gasteiger partial charge < -0.3 is 15.4 Å². The van der Waals surface area contributed by atoms with E-state index >= 15 is 0 Å². The maximum atomic E-state index is 13.0. The Morgan fingerprint density at radius 1 is 0.958 bits per heavy atom. The minimum absolute atomic E-state index is 0.174. The molecule has 2 rings (SSSR count). The van der Waals surface area contributed by atoms with Crippen LogP contribution in [0, 0.1) is 5.82 Å². The Hall–Kier alpha value is -3.22. The lowest BCUT2D eigenvalue weighted by atomic mass is 10.2. The molecule has 0 unspecified atom stereocenters. The number of ether oxygens (including phenoxy) is 1.